The van der Waals surface area contributed by atoms with E-state index in [2.05, 4.69) is 15.3 Å². The fourth-order valence-electron chi connectivity index (χ4n) is 1.33. The number of nitrogens with zero attached hydrogens (tertiary/aromatic N) is 1. The van der Waals surface area contributed by atoms with Crippen LogP contribution in [0.5, 0.6) is 0 Å². The summed E-state index contributed by atoms with van der Waals surface area (Å²) in [5.41, 5.74) is 5.83. The number of hydrogen-bond donors (Lipinski definition) is 3. The van der Waals surface area contributed by atoms with Crippen LogP contribution in [0.4, 0.5) is 0 Å². The molecule has 5 nitrogen and oxygen atoms in total. The van der Waals surface area contributed by atoms with E-state index in [1.54, 1.807) is 12.4 Å². The standard InChI is InChI=1S/C11H20N4O/c1-7(2)9(12)6-10(16)15-8(3)11-13-4-5-14-11/h4-5,7-9H,6,12H2,1-3H3,(H,13,14)(H,15,16). The van der Waals surface area contributed by atoms with Gasteiger partial charge in [-0.1, -0.05) is 13.8 Å². The minimum absolute atomic E-state index is 0.0369. The van der Waals surface area contributed by atoms with E-state index in [1.807, 2.05) is 20.8 Å². The third-order valence-corrected chi connectivity index (χ3v) is 2.58. The molecule has 0 saturated heterocycles. The molecule has 0 fully saturated rings. The Morgan fingerprint density at radius 1 is 1.56 bits per heavy atom. The number of H-pyrrole nitrogens is 1. The number of carbonyl (C=O) groups excluding carboxylic acids is 1. The average Bonchev–Trinajstić information content (AvgIpc) is 2.69. The van der Waals surface area contributed by atoms with Gasteiger partial charge in [-0.25, -0.2) is 4.98 Å². The van der Waals surface area contributed by atoms with Crippen molar-refractivity contribution in [2.24, 2.45) is 11.7 Å². The van der Waals surface area contributed by atoms with E-state index in [0.717, 1.165) is 5.82 Å². The van der Waals surface area contributed by atoms with Crippen LogP contribution in [0.1, 0.15) is 39.1 Å². The third-order valence-electron chi connectivity index (χ3n) is 2.58. The van der Waals surface area contributed by atoms with Gasteiger partial charge in [0.1, 0.15) is 5.82 Å². The number of imidazole rings is 1. The summed E-state index contributed by atoms with van der Waals surface area (Å²) >= 11 is 0. The van der Waals surface area contributed by atoms with Gasteiger partial charge < -0.3 is 16.0 Å². The minimum Gasteiger partial charge on any atom is -0.347 e. The first-order chi connectivity index (χ1) is 7.50. The lowest BCUT2D eigenvalue weighted by molar-refractivity contribution is -0.122. The molecule has 0 radical (unpaired) electrons. The van der Waals surface area contributed by atoms with Gasteiger partial charge in [-0.15, -0.1) is 0 Å². The number of carbonyl (C=O) groups is 1. The van der Waals surface area contributed by atoms with Crippen LogP contribution in [0.2, 0.25) is 0 Å². The van der Waals surface area contributed by atoms with Crippen molar-refractivity contribution in [3.05, 3.63) is 18.2 Å². The molecule has 1 heterocycles. The van der Waals surface area contributed by atoms with Crippen LogP contribution in [0, 0.1) is 5.92 Å². The Morgan fingerprint density at radius 3 is 2.75 bits per heavy atom. The summed E-state index contributed by atoms with van der Waals surface area (Å²) in [7, 11) is 0. The second-order valence-corrected chi connectivity index (χ2v) is 4.38. The molecule has 2 atom stereocenters. The van der Waals surface area contributed by atoms with Crippen LogP contribution in [0.15, 0.2) is 12.4 Å². The van der Waals surface area contributed by atoms with Gasteiger partial charge in [0, 0.05) is 24.9 Å². The molecular weight excluding hydrogens is 204 g/mol. The first-order valence-electron chi connectivity index (χ1n) is 5.55. The Morgan fingerprint density at radius 2 is 2.25 bits per heavy atom. The van der Waals surface area contributed by atoms with Crippen LogP contribution < -0.4 is 11.1 Å². The third kappa shape index (κ3) is 3.66. The second kappa shape index (κ2) is 5.65. The van der Waals surface area contributed by atoms with E-state index < -0.39 is 0 Å². The van der Waals surface area contributed by atoms with Crippen molar-refractivity contribution >= 4 is 5.91 Å². The van der Waals surface area contributed by atoms with Crippen LogP contribution >= 0.6 is 0 Å². The highest BCUT2D eigenvalue weighted by molar-refractivity contribution is 5.76. The van der Waals surface area contributed by atoms with Gasteiger partial charge in [0.05, 0.1) is 6.04 Å². The highest BCUT2D eigenvalue weighted by Gasteiger charge is 2.16. The first kappa shape index (κ1) is 12.7. The smallest absolute Gasteiger partial charge is 0.222 e. The zero-order valence-corrected chi connectivity index (χ0v) is 10.0. The van der Waals surface area contributed by atoms with Gasteiger partial charge in [-0.05, 0) is 12.8 Å². The van der Waals surface area contributed by atoms with Crippen molar-refractivity contribution < 1.29 is 4.79 Å². The Balaban J connectivity index is 2.40. The highest BCUT2D eigenvalue weighted by Crippen LogP contribution is 2.07. The van der Waals surface area contributed by atoms with Gasteiger partial charge in [0.15, 0.2) is 0 Å². The number of nitrogens with two attached hydrogens (primary N) is 1. The molecule has 0 aromatic carbocycles. The Labute approximate surface area is 95.8 Å². The van der Waals surface area contributed by atoms with E-state index in [4.69, 9.17) is 5.73 Å². The molecule has 1 aromatic rings. The molecule has 2 unspecified atom stereocenters. The van der Waals surface area contributed by atoms with Gasteiger partial charge in [0.25, 0.3) is 0 Å². The zero-order chi connectivity index (χ0) is 12.1. The first-order valence-corrected chi connectivity index (χ1v) is 5.55. The van der Waals surface area contributed by atoms with Crippen LogP contribution in [-0.2, 0) is 4.79 Å². The molecule has 0 aliphatic carbocycles. The van der Waals surface area contributed by atoms with Crippen LogP contribution in [-0.4, -0.2) is 21.9 Å². The summed E-state index contributed by atoms with van der Waals surface area (Å²) in [5.74, 6) is 1.03. The summed E-state index contributed by atoms with van der Waals surface area (Å²) < 4.78 is 0. The van der Waals surface area contributed by atoms with Gasteiger partial charge in [0.2, 0.25) is 5.91 Å². The number of nitrogens with one attached hydrogen (secondary N) is 2. The summed E-state index contributed by atoms with van der Waals surface area (Å²) in [6.07, 6.45) is 3.75. The summed E-state index contributed by atoms with van der Waals surface area (Å²) in [6.45, 7) is 5.90. The lowest BCUT2D eigenvalue weighted by atomic mass is 10.0. The molecule has 4 N–H and O–H groups in total. The largest absolute Gasteiger partial charge is 0.347 e. The molecule has 90 valence electrons. The van der Waals surface area contributed by atoms with E-state index in [-0.39, 0.29) is 18.0 Å². The fourth-order valence-corrected chi connectivity index (χ4v) is 1.33. The molecule has 1 aromatic heterocycles. The maximum Gasteiger partial charge on any atom is 0.222 e. The maximum absolute atomic E-state index is 11.6. The Kier molecular flexibility index (Phi) is 4.49. The maximum atomic E-state index is 11.6. The van der Waals surface area contributed by atoms with E-state index >= 15 is 0 Å². The predicted octanol–water partition coefficient (Wildman–Crippen LogP) is 0.960. The van der Waals surface area contributed by atoms with Crippen molar-refractivity contribution in [2.45, 2.75) is 39.3 Å². The van der Waals surface area contributed by atoms with Crippen molar-refractivity contribution in [1.29, 1.82) is 0 Å². The quantitative estimate of drug-likeness (QED) is 0.696. The van der Waals surface area contributed by atoms with Crippen molar-refractivity contribution in [3.8, 4) is 0 Å². The number of aromatic nitrogens is 2. The molecule has 1 rings (SSSR count). The SMILES string of the molecule is CC(NC(=O)CC(N)C(C)C)c1ncc[nH]1. The van der Waals surface area contributed by atoms with Crippen LogP contribution in [0.25, 0.3) is 0 Å². The Hall–Kier alpha value is -1.36. The molecule has 1 amide bonds. The van der Waals surface area contributed by atoms with E-state index in [1.165, 1.54) is 0 Å². The minimum atomic E-state index is -0.109. The van der Waals surface area contributed by atoms with Gasteiger partial charge in [-0.2, -0.15) is 0 Å². The van der Waals surface area contributed by atoms with E-state index in [0.29, 0.717) is 12.3 Å². The molecule has 5 heteroatoms. The van der Waals surface area contributed by atoms with E-state index in [9.17, 15) is 4.79 Å². The van der Waals surface area contributed by atoms with Crippen molar-refractivity contribution in [3.63, 3.8) is 0 Å². The molecular formula is C11H20N4O. The predicted molar refractivity (Wildman–Crippen MR) is 62.6 cm³/mol. The number of rotatable bonds is 5. The number of aromatic amines is 1. The number of amides is 1. The molecule has 0 aliphatic rings. The van der Waals surface area contributed by atoms with Crippen LogP contribution in [0.3, 0.4) is 0 Å². The van der Waals surface area contributed by atoms with Gasteiger partial charge >= 0.3 is 0 Å². The highest BCUT2D eigenvalue weighted by atomic mass is 16.1. The topological polar surface area (TPSA) is 83.8 Å². The lowest BCUT2D eigenvalue weighted by Gasteiger charge is -2.17. The molecule has 0 spiro atoms. The second-order valence-electron chi connectivity index (χ2n) is 4.38. The molecule has 0 saturated carbocycles. The Bertz CT molecular complexity index is 321. The zero-order valence-electron chi connectivity index (χ0n) is 10.0. The summed E-state index contributed by atoms with van der Waals surface area (Å²) in [6, 6.07) is -0.203. The number of hydrogen-bond acceptors (Lipinski definition) is 3. The fraction of sp³-hybridized carbons (Fsp3) is 0.636. The average molecular weight is 224 g/mol. The normalized spacial score (nSPS) is 14.8. The van der Waals surface area contributed by atoms with Gasteiger partial charge in [-0.3, -0.25) is 4.79 Å². The molecule has 0 aliphatic heterocycles. The summed E-state index contributed by atoms with van der Waals surface area (Å²) in [5, 5.41) is 2.86. The van der Waals surface area contributed by atoms with Crippen molar-refractivity contribution in [1.82, 2.24) is 15.3 Å². The monoisotopic (exact) mass is 224 g/mol. The summed E-state index contributed by atoms with van der Waals surface area (Å²) in [4.78, 5) is 18.7. The lowest BCUT2D eigenvalue weighted by Crippen LogP contribution is -2.36. The van der Waals surface area contributed by atoms with Crippen molar-refractivity contribution in [2.75, 3.05) is 0 Å². The molecule has 0 bridgehead atoms. The molecule has 16 heavy (non-hydrogen) atoms.